The van der Waals surface area contributed by atoms with Gasteiger partial charge in [-0.05, 0) is 12.2 Å². The third-order valence-corrected chi connectivity index (χ3v) is 2.38. The molecule has 0 fully saturated rings. The molecule has 1 N–H and O–H groups in total. The van der Waals surface area contributed by atoms with Crippen molar-refractivity contribution in [1.82, 2.24) is 9.97 Å². The van der Waals surface area contributed by atoms with Gasteiger partial charge in [-0.3, -0.25) is 0 Å². The minimum atomic E-state index is -3.16. The quantitative estimate of drug-likeness (QED) is 0.533. The molecule has 1 rings (SSSR count). The van der Waals surface area contributed by atoms with E-state index in [9.17, 15) is 8.42 Å². The van der Waals surface area contributed by atoms with Crippen molar-refractivity contribution in [1.29, 1.82) is 0 Å². The number of hydrogen-bond donors (Lipinski definition) is 1. The van der Waals surface area contributed by atoms with Crippen molar-refractivity contribution in [2.45, 2.75) is 4.90 Å². The van der Waals surface area contributed by atoms with Crippen LogP contribution in [-0.4, -0.2) is 54.2 Å². The van der Waals surface area contributed by atoms with Gasteiger partial charge in [0.1, 0.15) is 4.90 Å². The molecule has 0 aliphatic carbocycles. The van der Waals surface area contributed by atoms with E-state index in [1.165, 1.54) is 12.4 Å². The number of aromatic nitrogens is 2. The molecule has 7 heteroatoms. The predicted octanol–water partition coefficient (Wildman–Crippen LogP) is 0.162. The Morgan fingerprint density at radius 2 is 2.17 bits per heavy atom. The molecular weight excluding hydrogens is 207 g/mol. The molecule has 0 amide bonds. The molecule has 0 aliphatic heterocycles. The van der Waals surface area contributed by atoms with Crippen LogP contribution in [0.4, 0.5) is 0 Å². The minimum absolute atomic E-state index is 0. The monoisotopic (exact) mass is 213 g/mol. The van der Waals surface area contributed by atoms with Gasteiger partial charge in [-0.1, -0.05) is 0 Å². The number of aromatic amines is 1. The maximum absolute atomic E-state index is 10.9. The third kappa shape index (κ3) is 3.32. The first-order valence-corrected chi connectivity index (χ1v) is 5.05. The van der Waals surface area contributed by atoms with Crippen molar-refractivity contribution < 1.29 is 8.42 Å². The Bertz CT molecular complexity index is 391. The molecule has 0 aliphatic rings. The summed E-state index contributed by atoms with van der Waals surface area (Å²) < 4.78 is 22.0. The van der Waals surface area contributed by atoms with Crippen LogP contribution < -0.4 is 0 Å². The first kappa shape index (κ1) is 12.2. The third-order valence-electron chi connectivity index (χ3n) is 1.08. The van der Waals surface area contributed by atoms with E-state index in [2.05, 4.69) is 22.2 Å². The van der Waals surface area contributed by atoms with Crippen LogP contribution in [0.15, 0.2) is 17.3 Å². The summed E-state index contributed by atoms with van der Waals surface area (Å²) in [5.41, 5.74) is 0. The first-order valence-electron chi connectivity index (χ1n) is 2.75. The molecule has 0 saturated carbocycles. The molecular formula is C5H6N2NaO2S2. The van der Waals surface area contributed by atoms with Crippen molar-refractivity contribution in [3.63, 3.8) is 0 Å². The van der Waals surface area contributed by atoms with Crippen LogP contribution >= 0.6 is 12.2 Å². The van der Waals surface area contributed by atoms with Gasteiger partial charge in [0.25, 0.3) is 0 Å². The van der Waals surface area contributed by atoms with Crippen LogP contribution in [0.1, 0.15) is 0 Å². The molecule has 0 saturated heterocycles. The fourth-order valence-corrected chi connectivity index (χ4v) is 1.16. The van der Waals surface area contributed by atoms with E-state index in [0.29, 0.717) is 0 Å². The maximum Gasteiger partial charge on any atom is 0.196 e. The van der Waals surface area contributed by atoms with Gasteiger partial charge >= 0.3 is 0 Å². The summed E-state index contributed by atoms with van der Waals surface area (Å²) in [7, 11) is -3.16. The number of hydrogen-bond acceptors (Lipinski definition) is 4. The van der Waals surface area contributed by atoms with E-state index in [-0.39, 0.29) is 39.2 Å². The summed E-state index contributed by atoms with van der Waals surface area (Å²) in [6.07, 6.45) is 3.67. The Balaban J connectivity index is 0.00000121. The van der Waals surface area contributed by atoms with Gasteiger partial charge in [0, 0.05) is 42.0 Å². The average Bonchev–Trinajstić information content (AvgIpc) is 1.86. The van der Waals surface area contributed by atoms with Crippen molar-refractivity contribution in [3.05, 3.63) is 17.2 Å². The Labute approximate surface area is 97.6 Å². The molecule has 1 aromatic heterocycles. The van der Waals surface area contributed by atoms with Gasteiger partial charge in [-0.25, -0.2) is 13.4 Å². The molecule has 12 heavy (non-hydrogen) atoms. The van der Waals surface area contributed by atoms with E-state index in [1.807, 2.05) is 0 Å². The molecule has 0 spiro atoms. The number of nitrogens with one attached hydrogen (secondary N) is 1. The van der Waals surface area contributed by atoms with Crippen molar-refractivity contribution in [2.24, 2.45) is 0 Å². The molecule has 1 heterocycles. The molecule has 4 nitrogen and oxygen atoms in total. The molecule has 0 bridgehead atoms. The van der Waals surface area contributed by atoms with Crippen LogP contribution in [0.25, 0.3) is 0 Å². The van der Waals surface area contributed by atoms with Crippen LogP contribution in [0.2, 0.25) is 0 Å². The zero-order chi connectivity index (χ0) is 8.48. The summed E-state index contributed by atoms with van der Waals surface area (Å²) in [5, 5.41) is 0. The van der Waals surface area contributed by atoms with Crippen LogP contribution in [0, 0.1) is 4.77 Å². The predicted molar refractivity (Wildman–Crippen MR) is 48.3 cm³/mol. The van der Waals surface area contributed by atoms with E-state index in [4.69, 9.17) is 0 Å². The average molecular weight is 213 g/mol. The molecule has 0 aromatic carbocycles. The second-order valence-corrected chi connectivity index (χ2v) is 4.43. The fraction of sp³-hybridized carbons (Fsp3) is 0.200. The molecule has 0 atom stereocenters. The fourth-order valence-electron chi connectivity index (χ4n) is 0.532. The van der Waals surface area contributed by atoms with Gasteiger partial charge in [-0.15, -0.1) is 0 Å². The number of H-pyrrole nitrogens is 1. The summed E-state index contributed by atoms with van der Waals surface area (Å²) in [6, 6.07) is 0. The van der Waals surface area contributed by atoms with Crippen molar-refractivity contribution in [3.8, 4) is 0 Å². The molecule has 0 unspecified atom stereocenters. The Hall–Kier alpha value is 0.250. The van der Waals surface area contributed by atoms with Crippen molar-refractivity contribution in [2.75, 3.05) is 6.26 Å². The SMILES string of the molecule is CS(=O)(=O)c1cnc(=S)[nH]c1.[Na]. The van der Waals surface area contributed by atoms with Gasteiger partial charge in [0.05, 0.1) is 6.20 Å². The van der Waals surface area contributed by atoms with Gasteiger partial charge in [-0.2, -0.15) is 0 Å². The second kappa shape index (κ2) is 4.48. The largest absolute Gasteiger partial charge is 0.336 e. The molecule has 1 aromatic rings. The zero-order valence-electron chi connectivity index (χ0n) is 6.73. The van der Waals surface area contributed by atoms with Gasteiger partial charge < -0.3 is 4.98 Å². The second-order valence-electron chi connectivity index (χ2n) is 2.03. The van der Waals surface area contributed by atoms with E-state index >= 15 is 0 Å². The summed E-state index contributed by atoms with van der Waals surface area (Å²) in [6.45, 7) is 0. The van der Waals surface area contributed by atoms with Crippen molar-refractivity contribution >= 4 is 51.6 Å². The van der Waals surface area contributed by atoms with Crippen LogP contribution in [0.5, 0.6) is 0 Å². The van der Waals surface area contributed by atoms with Crippen LogP contribution in [-0.2, 0) is 9.84 Å². The standard InChI is InChI=1S/C5H6N2O2S2.Na/c1-11(8,9)4-2-6-5(10)7-3-4;/h2-3H,1H3,(H,6,7,10);. The summed E-state index contributed by atoms with van der Waals surface area (Å²) >= 11 is 4.63. The van der Waals surface area contributed by atoms with E-state index in [1.54, 1.807) is 0 Å². The normalized spacial score (nSPS) is 10.4. The summed E-state index contributed by atoms with van der Waals surface area (Å²) in [4.78, 5) is 6.30. The topological polar surface area (TPSA) is 62.8 Å². The number of nitrogens with zero attached hydrogens (tertiary/aromatic N) is 1. The molecule has 1 radical (unpaired) electrons. The number of sulfone groups is 1. The summed E-state index contributed by atoms with van der Waals surface area (Å²) in [5.74, 6) is 0. The Morgan fingerprint density at radius 3 is 2.50 bits per heavy atom. The van der Waals surface area contributed by atoms with Gasteiger partial charge in [0.15, 0.2) is 14.6 Å². The minimum Gasteiger partial charge on any atom is -0.336 e. The maximum atomic E-state index is 10.9. The molecule has 61 valence electrons. The van der Waals surface area contributed by atoms with Crippen LogP contribution in [0.3, 0.4) is 0 Å². The zero-order valence-corrected chi connectivity index (χ0v) is 10.4. The smallest absolute Gasteiger partial charge is 0.196 e. The number of rotatable bonds is 1. The van der Waals surface area contributed by atoms with Gasteiger partial charge in [0.2, 0.25) is 0 Å². The Kier molecular flexibility index (Phi) is 4.57. The van der Waals surface area contributed by atoms with E-state index < -0.39 is 9.84 Å². The van der Waals surface area contributed by atoms with E-state index in [0.717, 1.165) is 6.26 Å². The Morgan fingerprint density at radius 1 is 1.58 bits per heavy atom. The first-order chi connectivity index (χ1) is 5.00.